The van der Waals surface area contributed by atoms with Crippen molar-refractivity contribution in [3.63, 3.8) is 0 Å². The minimum atomic E-state index is -0.282. The van der Waals surface area contributed by atoms with Crippen LogP contribution in [0.5, 0.6) is 0 Å². The maximum absolute atomic E-state index is 5.32. The van der Waals surface area contributed by atoms with E-state index >= 15 is 0 Å². The molecule has 0 N–H and O–H groups in total. The van der Waals surface area contributed by atoms with Gasteiger partial charge in [-0.1, -0.05) is 25.2 Å². The Morgan fingerprint density at radius 1 is 1.15 bits per heavy atom. The SMILES string of the molecule is C=CCOC(C=CCC)OCC=C. The summed E-state index contributed by atoms with van der Waals surface area (Å²) in [5.74, 6) is 0. The summed E-state index contributed by atoms with van der Waals surface area (Å²) < 4.78 is 10.6. The van der Waals surface area contributed by atoms with Gasteiger partial charge in [0.15, 0.2) is 6.29 Å². The maximum atomic E-state index is 5.32. The zero-order valence-electron chi connectivity index (χ0n) is 8.24. The number of ether oxygens (including phenoxy) is 2. The average molecular weight is 182 g/mol. The quantitative estimate of drug-likeness (QED) is 0.424. The highest BCUT2D eigenvalue weighted by atomic mass is 16.7. The molecule has 0 saturated heterocycles. The van der Waals surface area contributed by atoms with Crippen LogP contribution in [0.1, 0.15) is 13.3 Å². The molecule has 0 fully saturated rings. The summed E-state index contributed by atoms with van der Waals surface area (Å²) in [6.07, 6.45) is 8.00. The van der Waals surface area contributed by atoms with E-state index in [9.17, 15) is 0 Å². The molecule has 0 saturated carbocycles. The number of hydrogen-bond acceptors (Lipinski definition) is 2. The minimum Gasteiger partial charge on any atom is -0.345 e. The average Bonchev–Trinajstić information content (AvgIpc) is 2.17. The van der Waals surface area contributed by atoms with Crippen LogP contribution in [0.25, 0.3) is 0 Å². The third-order valence-electron chi connectivity index (χ3n) is 1.29. The van der Waals surface area contributed by atoms with Crippen molar-refractivity contribution in [1.29, 1.82) is 0 Å². The van der Waals surface area contributed by atoms with E-state index in [0.29, 0.717) is 13.2 Å². The molecule has 0 aromatic carbocycles. The lowest BCUT2D eigenvalue weighted by molar-refractivity contribution is -0.0935. The molecular formula is C11H18O2. The summed E-state index contributed by atoms with van der Waals surface area (Å²) in [6, 6.07) is 0. The highest BCUT2D eigenvalue weighted by molar-refractivity contribution is 4.85. The Bertz CT molecular complexity index is 149. The minimum absolute atomic E-state index is 0.282. The van der Waals surface area contributed by atoms with Gasteiger partial charge in [0.25, 0.3) is 0 Å². The van der Waals surface area contributed by atoms with Gasteiger partial charge in [0.1, 0.15) is 0 Å². The molecule has 0 rings (SSSR count). The summed E-state index contributed by atoms with van der Waals surface area (Å²) in [7, 11) is 0. The van der Waals surface area contributed by atoms with Gasteiger partial charge >= 0.3 is 0 Å². The molecule has 0 atom stereocenters. The first-order valence-electron chi connectivity index (χ1n) is 4.46. The van der Waals surface area contributed by atoms with Crippen LogP contribution in [0.15, 0.2) is 37.5 Å². The molecule has 0 aliphatic carbocycles. The predicted octanol–water partition coefficient (Wildman–Crippen LogP) is 2.68. The standard InChI is InChI=1S/C11H18O2/c1-4-7-8-11(12-9-5-2)13-10-6-3/h5-8,11H,2-4,9-10H2,1H3. The molecular weight excluding hydrogens is 164 g/mol. The molecule has 0 amide bonds. The monoisotopic (exact) mass is 182 g/mol. The summed E-state index contributed by atoms with van der Waals surface area (Å²) in [5.41, 5.74) is 0. The zero-order chi connectivity index (χ0) is 9.94. The van der Waals surface area contributed by atoms with Crippen molar-refractivity contribution in [2.45, 2.75) is 19.6 Å². The topological polar surface area (TPSA) is 18.5 Å². The van der Waals surface area contributed by atoms with Gasteiger partial charge in [-0.2, -0.15) is 0 Å². The highest BCUT2D eigenvalue weighted by Crippen LogP contribution is 1.98. The van der Waals surface area contributed by atoms with E-state index in [1.165, 1.54) is 0 Å². The Kier molecular flexibility index (Phi) is 8.62. The molecule has 2 nitrogen and oxygen atoms in total. The summed E-state index contributed by atoms with van der Waals surface area (Å²) >= 11 is 0. The lowest BCUT2D eigenvalue weighted by Crippen LogP contribution is -2.14. The van der Waals surface area contributed by atoms with E-state index in [0.717, 1.165) is 6.42 Å². The second kappa shape index (κ2) is 9.23. The van der Waals surface area contributed by atoms with Crippen LogP contribution in [0, 0.1) is 0 Å². The number of hydrogen-bond donors (Lipinski definition) is 0. The lowest BCUT2D eigenvalue weighted by atomic mass is 10.4. The largest absolute Gasteiger partial charge is 0.345 e. The lowest BCUT2D eigenvalue weighted by Gasteiger charge is -2.12. The van der Waals surface area contributed by atoms with Gasteiger partial charge in [0.2, 0.25) is 0 Å². The second-order valence-corrected chi connectivity index (χ2v) is 2.45. The fourth-order valence-corrected chi connectivity index (χ4v) is 0.732. The van der Waals surface area contributed by atoms with Crippen LogP contribution in [0.3, 0.4) is 0 Å². The Morgan fingerprint density at radius 2 is 1.69 bits per heavy atom. The Hall–Kier alpha value is -0.860. The van der Waals surface area contributed by atoms with Gasteiger partial charge in [0.05, 0.1) is 13.2 Å². The summed E-state index contributed by atoms with van der Waals surface area (Å²) in [4.78, 5) is 0. The molecule has 0 bridgehead atoms. The zero-order valence-corrected chi connectivity index (χ0v) is 8.24. The molecule has 0 radical (unpaired) electrons. The van der Waals surface area contributed by atoms with Crippen molar-refractivity contribution in [3.05, 3.63) is 37.5 Å². The van der Waals surface area contributed by atoms with E-state index in [2.05, 4.69) is 20.1 Å². The second-order valence-electron chi connectivity index (χ2n) is 2.45. The fraction of sp³-hybridized carbons (Fsp3) is 0.455. The summed E-state index contributed by atoms with van der Waals surface area (Å²) in [5, 5.41) is 0. The third-order valence-corrected chi connectivity index (χ3v) is 1.29. The van der Waals surface area contributed by atoms with Crippen LogP contribution >= 0.6 is 0 Å². The van der Waals surface area contributed by atoms with Crippen molar-refractivity contribution in [2.24, 2.45) is 0 Å². The van der Waals surface area contributed by atoms with E-state index < -0.39 is 0 Å². The smallest absolute Gasteiger partial charge is 0.177 e. The van der Waals surface area contributed by atoms with Gasteiger partial charge in [-0.05, 0) is 12.5 Å². The molecule has 0 aliphatic heterocycles. The maximum Gasteiger partial charge on any atom is 0.177 e. The molecule has 0 spiro atoms. The van der Waals surface area contributed by atoms with Crippen molar-refractivity contribution in [1.82, 2.24) is 0 Å². The van der Waals surface area contributed by atoms with E-state index in [1.54, 1.807) is 12.2 Å². The summed E-state index contributed by atoms with van der Waals surface area (Å²) in [6.45, 7) is 10.2. The van der Waals surface area contributed by atoms with Gasteiger partial charge < -0.3 is 9.47 Å². The molecule has 13 heavy (non-hydrogen) atoms. The Morgan fingerprint density at radius 3 is 2.08 bits per heavy atom. The van der Waals surface area contributed by atoms with Crippen LogP contribution in [0.4, 0.5) is 0 Å². The molecule has 0 aliphatic rings. The van der Waals surface area contributed by atoms with Gasteiger partial charge in [-0.15, -0.1) is 13.2 Å². The van der Waals surface area contributed by atoms with Gasteiger partial charge in [-0.3, -0.25) is 0 Å². The molecule has 2 heteroatoms. The highest BCUT2D eigenvalue weighted by Gasteiger charge is 2.01. The third kappa shape index (κ3) is 7.50. The van der Waals surface area contributed by atoms with Gasteiger partial charge in [-0.25, -0.2) is 0 Å². The van der Waals surface area contributed by atoms with Crippen LogP contribution in [-0.2, 0) is 9.47 Å². The molecule has 74 valence electrons. The van der Waals surface area contributed by atoms with Gasteiger partial charge in [0, 0.05) is 0 Å². The van der Waals surface area contributed by atoms with Crippen LogP contribution in [-0.4, -0.2) is 19.5 Å². The van der Waals surface area contributed by atoms with Crippen molar-refractivity contribution < 1.29 is 9.47 Å². The van der Waals surface area contributed by atoms with Crippen LogP contribution < -0.4 is 0 Å². The van der Waals surface area contributed by atoms with E-state index in [-0.39, 0.29) is 6.29 Å². The Labute approximate surface area is 80.5 Å². The molecule has 0 unspecified atom stereocenters. The first-order valence-corrected chi connectivity index (χ1v) is 4.46. The Balaban J connectivity index is 3.78. The first kappa shape index (κ1) is 12.1. The van der Waals surface area contributed by atoms with Crippen molar-refractivity contribution in [2.75, 3.05) is 13.2 Å². The molecule has 0 aromatic heterocycles. The number of allylic oxidation sites excluding steroid dienone is 1. The molecule has 0 aromatic rings. The molecule has 0 heterocycles. The number of rotatable bonds is 8. The first-order chi connectivity index (χ1) is 6.35. The van der Waals surface area contributed by atoms with E-state index in [1.807, 2.05) is 12.2 Å². The predicted molar refractivity (Wildman–Crippen MR) is 55.5 cm³/mol. The normalized spacial score (nSPS) is 10.9. The van der Waals surface area contributed by atoms with E-state index in [4.69, 9.17) is 9.47 Å². The fourth-order valence-electron chi connectivity index (χ4n) is 0.732. The van der Waals surface area contributed by atoms with Crippen molar-refractivity contribution in [3.8, 4) is 0 Å². The van der Waals surface area contributed by atoms with Crippen molar-refractivity contribution >= 4 is 0 Å². The van der Waals surface area contributed by atoms with Crippen LogP contribution in [0.2, 0.25) is 0 Å².